The van der Waals surface area contributed by atoms with E-state index in [4.69, 9.17) is 0 Å². The minimum atomic E-state index is -4.42. The largest absolute Gasteiger partial charge is 0.405 e. The summed E-state index contributed by atoms with van der Waals surface area (Å²) in [4.78, 5) is 22.9. The number of nitrogens with zero attached hydrogens (tertiary/aromatic N) is 5. The van der Waals surface area contributed by atoms with Gasteiger partial charge in [0.25, 0.3) is 12.5 Å². The number of carbonyl (C=O) groups is 1. The Bertz CT molecular complexity index is 437. The van der Waals surface area contributed by atoms with Gasteiger partial charge >= 0.3 is 6.18 Å². The number of nitro groups is 1. The van der Waals surface area contributed by atoms with Crippen LogP contribution in [0.3, 0.4) is 0 Å². The SMILES string of the molecule is C=N/N=C1/CN(C(=O)C[N+](=O)[O-])CCN1CC(F)(F)F. The molecule has 0 radical (unpaired) electrons. The highest BCUT2D eigenvalue weighted by atomic mass is 19.4. The molecule has 1 fully saturated rings. The molecule has 20 heavy (non-hydrogen) atoms. The van der Waals surface area contributed by atoms with Gasteiger partial charge in [-0.05, 0) is 0 Å². The zero-order valence-electron chi connectivity index (χ0n) is 10.3. The summed E-state index contributed by atoms with van der Waals surface area (Å²) >= 11 is 0. The maximum atomic E-state index is 12.4. The van der Waals surface area contributed by atoms with Gasteiger partial charge in [-0.15, -0.1) is 5.10 Å². The number of hydrogen-bond acceptors (Lipinski definition) is 5. The van der Waals surface area contributed by atoms with Crippen molar-refractivity contribution in [2.24, 2.45) is 10.2 Å². The fourth-order valence-corrected chi connectivity index (χ4v) is 1.71. The fourth-order valence-electron chi connectivity index (χ4n) is 1.71. The van der Waals surface area contributed by atoms with Gasteiger partial charge in [-0.25, -0.2) is 0 Å². The molecule has 0 bridgehead atoms. The van der Waals surface area contributed by atoms with Crippen LogP contribution < -0.4 is 0 Å². The van der Waals surface area contributed by atoms with Gasteiger partial charge in [-0.3, -0.25) is 14.9 Å². The Labute approximate surface area is 111 Å². The highest BCUT2D eigenvalue weighted by Gasteiger charge is 2.36. The van der Waals surface area contributed by atoms with Gasteiger partial charge < -0.3 is 9.80 Å². The summed E-state index contributed by atoms with van der Waals surface area (Å²) in [5.74, 6) is -0.876. The lowest BCUT2D eigenvalue weighted by atomic mass is 10.3. The number of piperazine rings is 1. The molecule has 0 aromatic rings. The lowest BCUT2D eigenvalue weighted by Gasteiger charge is -2.36. The number of amides is 1. The second-order valence-electron chi connectivity index (χ2n) is 4.00. The van der Waals surface area contributed by atoms with Crippen LogP contribution in [-0.4, -0.2) is 72.1 Å². The van der Waals surface area contributed by atoms with E-state index in [1.165, 1.54) is 0 Å². The second-order valence-corrected chi connectivity index (χ2v) is 4.00. The standard InChI is InChI=1S/C9H12F3N5O3/c1-13-14-7-4-15(8(18)5-17(19)20)2-3-16(7)6-9(10,11)12/h1-6H2/b14-7-. The zero-order valence-corrected chi connectivity index (χ0v) is 10.3. The van der Waals surface area contributed by atoms with Crippen LogP contribution in [-0.2, 0) is 4.79 Å². The third kappa shape index (κ3) is 4.82. The highest BCUT2D eigenvalue weighted by Crippen LogP contribution is 2.18. The molecule has 1 heterocycles. The number of carbonyl (C=O) groups excluding carboxylic acids is 1. The van der Waals surface area contributed by atoms with Crippen molar-refractivity contribution in [1.82, 2.24) is 9.80 Å². The Balaban J connectivity index is 2.75. The Morgan fingerprint density at radius 1 is 1.45 bits per heavy atom. The Hall–Kier alpha value is -2.20. The third-order valence-corrected chi connectivity index (χ3v) is 2.51. The van der Waals surface area contributed by atoms with E-state index in [0.29, 0.717) is 0 Å². The van der Waals surface area contributed by atoms with Crippen LogP contribution in [0, 0.1) is 10.1 Å². The van der Waals surface area contributed by atoms with Crippen molar-refractivity contribution in [3.05, 3.63) is 10.1 Å². The van der Waals surface area contributed by atoms with E-state index in [-0.39, 0.29) is 25.5 Å². The summed E-state index contributed by atoms with van der Waals surface area (Å²) in [5.41, 5.74) is 0. The molecule has 1 rings (SSSR count). The predicted octanol–water partition coefficient (Wildman–Crippen LogP) is -0.0163. The molecule has 0 saturated carbocycles. The average Bonchev–Trinajstić information content (AvgIpc) is 2.28. The number of alkyl halides is 3. The first-order chi connectivity index (χ1) is 9.23. The van der Waals surface area contributed by atoms with E-state index in [1.807, 2.05) is 0 Å². The van der Waals surface area contributed by atoms with Crippen molar-refractivity contribution in [2.75, 3.05) is 32.7 Å². The maximum Gasteiger partial charge on any atom is 0.405 e. The van der Waals surface area contributed by atoms with E-state index in [9.17, 15) is 28.1 Å². The van der Waals surface area contributed by atoms with E-state index >= 15 is 0 Å². The van der Waals surface area contributed by atoms with Crippen LogP contribution in [0.25, 0.3) is 0 Å². The molecule has 0 spiro atoms. The first-order valence-electron chi connectivity index (χ1n) is 5.47. The topological polar surface area (TPSA) is 91.4 Å². The van der Waals surface area contributed by atoms with Crippen LogP contribution in [0.4, 0.5) is 13.2 Å². The molecule has 1 amide bonds. The van der Waals surface area contributed by atoms with Crippen molar-refractivity contribution >= 4 is 18.5 Å². The molecule has 1 saturated heterocycles. The van der Waals surface area contributed by atoms with Gasteiger partial charge in [0.1, 0.15) is 12.4 Å². The Morgan fingerprint density at radius 2 is 2.10 bits per heavy atom. The van der Waals surface area contributed by atoms with Crippen molar-refractivity contribution < 1.29 is 22.9 Å². The molecule has 0 aliphatic carbocycles. The number of hydrogen-bond donors (Lipinski definition) is 0. The summed E-state index contributed by atoms with van der Waals surface area (Å²) in [6, 6.07) is 0. The molecular formula is C9H12F3N5O3. The van der Waals surface area contributed by atoms with E-state index < -0.39 is 30.1 Å². The molecule has 1 aliphatic rings. The quantitative estimate of drug-likeness (QED) is 0.414. The molecule has 0 N–H and O–H groups in total. The number of halogens is 3. The van der Waals surface area contributed by atoms with Crippen LogP contribution in [0.5, 0.6) is 0 Å². The number of amidine groups is 1. The normalized spacial score (nSPS) is 18.2. The lowest BCUT2D eigenvalue weighted by molar-refractivity contribution is -0.468. The third-order valence-electron chi connectivity index (χ3n) is 2.51. The minimum Gasteiger partial charge on any atom is -0.346 e. The van der Waals surface area contributed by atoms with Crippen LogP contribution in [0.2, 0.25) is 0 Å². The minimum absolute atomic E-state index is 0.0427. The van der Waals surface area contributed by atoms with Crippen LogP contribution >= 0.6 is 0 Å². The molecule has 0 aromatic carbocycles. The monoisotopic (exact) mass is 295 g/mol. The van der Waals surface area contributed by atoms with Crippen molar-refractivity contribution in [1.29, 1.82) is 0 Å². The van der Waals surface area contributed by atoms with Crippen molar-refractivity contribution in [3.63, 3.8) is 0 Å². The van der Waals surface area contributed by atoms with Crippen LogP contribution in [0.1, 0.15) is 0 Å². The van der Waals surface area contributed by atoms with Gasteiger partial charge in [0.2, 0.25) is 0 Å². The highest BCUT2D eigenvalue weighted by molar-refractivity contribution is 5.90. The fraction of sp³-hybridized carbons (Fsp3) is 0.667. The molecule has 0 aromatic heterocycles. The van der Waals surface area contributed by atoms with E-state index in [0.717, 1.165) is 9.80 Å². The summed E-state index contributed by atoms with van der Waals surface area (Å²) < 4.78 is 37.1. The van der Waals surface area contributed by atoms with Gasteiger partial charge in [0.05, 0.1) is 6.54 Å². The van der Waals surface area contributed by atoms with Crippen molar-refractivity contribution in [2.45, 2.75) is 6.18 Å². The summed E-state index contributed by atoms with van der Waals surface area (Å²) in [5, 5.41) is 16.9. The van der Waals surface area contributed by atoms with Gasteiger partial charge in [-0.1, -0.05) is 0 Å². The average molecular weight is 295 g/mol. The smallest absolute Gasteiger partial charge is 0.346 e. The van der Waals surface area contributed by atoms with Crippen LogP contribution in [0.15, 0.2) is 10.2 Å². The van der Waals surface area contributed by atoms with Gasteiger partial charge in [-0.2, -0.15) is 18.3 Å². The Morgan fingerprint density at radius 3 is 2.60 bits per heavy atom. The molecule has 0 atom stereocenters. The van der Waals surface area contributed by atoms with Gasteiger partial charge in [0, 0.05) is 24.7 Å². The lowest BCUT2D eigenvalue weighted by Crippen LogP contribution is -2.55. The summed E-state index contributed by atoms with van der Waals surface area (Å²) in [7, 11) is 0. The zero-order chi connectivity index (χ0) is 15.3. The molecule has 0 unspecified atom stereocenters. The van der Waals surface area contributed by atoms with Gasteiger partial charge in [0.15, 0.2) is 0 Å². The number of rotatable bonds is 4. The van der Waals surface area contributed by atoms with E-state index in [2.05, 4.69) is 16.9 Å². The van der Waals surface area contributed by atoms with E-state index in [1.54, 1.807) is 0 Å². The first-order valence-corrected chi connectivity index (χ1v) is 5.47. The predicted molar refractivity (Wildman–Crippen MR) is 63.1 cm³/mol. The first kappa shape index (κ1) is 15.9. The second kappa shape index (κ2) is 6.30. The molecule has 1 aliphatic heterocycles. The molecule has 11 heteroatoms. The van der Waals surface area contributed by atoms with Crippen molar-refractivity contribution in [3.8, 4) is 0 Å². The molecule has 8 nitrogen and oxygen atoms in total. The Kier molecular flexibility index (Phi) is 5.00. The molecule has 112 valence electrons. The maximum absolute atomic E-state index is 12.4. The summed E-state index contributed by atoms with van der Waals surface area (Å²) in [6.07, 6.45) is -4.42. The summed E-state index contributed by atoms with van der Waals surface area (Å²) in [6.45, 7) is 0.482. The molecular weight excluding hydrogens is 283 g/mol.